The Morgan fingerprint density at radius 2 is 1.64 bits per heavy atom. The molecule has 0 radical (unpaired) electrons. The van der Waals surface area contributed by atoms with Crippen molar-refractivity contribution in [2.75, 3.05) is 10.2 Å². The van der Waals surface area contributed by atoms with Crippen LogP contribution in [0.4, 0.5) is 17.1 Å². The van der Waals surface area contributed by atoms with Crippen LogP contribution < -0.4 is 16.0 Å². The maximum absolute atomic E-state index is 13.4. The summed E-state index contributed by atoms with van der Waals surface area (Å²) in [6.07, 6.45) is 0.210. The average Bonchev–Trinajstić information content (AvgIpc) is 3.08. The fourth-order valence-corrected chi connectivity index (χ4v) is 4.61. The van der Waals surface area contributed by atoms with Gasteiger partial charge in [0.05, 0.1) is 11.3 Å². The third kappa shape index (κ3) is 3.17. The highest BCUT2D eigenvalue weighted by Crippen LogP contribution is 2.49. The third-order valence-electron chi connectivity index (χ3n) is 6.32. The fraction of sp³-hybridized carbons (Fsp3) is 0.148. The van der Waals surface area contributed by atoms with Gasteiger partial charge in [0.1, 0.15) is 23.1 Å². The summed E-state index contributed by atoms with van der Waals surface area (Å²) in [4.78, 5) is 20.1. The summed E-state index contributed by atoms with van der Waals surface area (Å²) < 4.78 is 0. The molecule has 0 bridgehead atoms. The zero-order valence-corrected chi connectivity index (χ0v) is 18.5. The van der Waals surface area contributed by atoms with Crippen molar-refractivity contribution in [3.63, 3.8) is 0 Å². The van der Waals surface area contributed by atoms with Crippen LogP contribution in [0.25, 0.3) is 0 Å². The molecule has 2 heterocycles. The van der Waals surface area contributed by atoms with Crippen LogP contribution >= 0.6 is 0 Å². The second kappa shape index (κ2) is 7.64. The number of carbonyl (C=O) groups excluding carboxylic acids is 1. The van der Waals surface area contributed by atoms with Gasteiger partial charge >= 0.3 is 0 Å². The van der Waals surface area contributed by atoms with Crippen molar-refractivity contribution >= 4 is 28.8 Å². The highest BCUT2D eigenvalue weighted by Gasteiger charge is 2.55. The van der Waals surface area contributed by atoms with Crippen molar-refractivity contribution in [3.8, 4) is 6.07 Å². The van der Waals surface area contributed by atoms with E-state index in [1.165, 1.54) is 0 Å². The topological polar surface area (TPSA) is 94.5 Å². The molecule has 0 saturated carbocycles. The van der Waals surface area contributed by atoms with Crippen molar-refractivity contribution in [2.24, 2.45) is 10.7 Å². The van der Waals surface area contributed by atoms with E-state index in [0.29, 0.717) is 11.5 Å². The molecule has 33 heavy (non-hydrogen) atoms. The number of hydrogen-bond acceptors (Lipinski definition) is 4. The molecule has 0 aromatic heterocycles. The van der Waals surface area contributed by atoms with Crippen molar-refractivity contribution in [2.45, 2.75) is 25.7 Å². The van der Waals surface area contributed by atoms with E-state index in [9.17, 15) is 10.1 Å². The van der Waals surface area contributed by atoms with Gasteiger partial charge in [0.15, 0.2) is 0 Å². The number of para-hydroxylation sites is 1. The first kappa shape index (κ1) is 20.5. The molecule has 1 unspecified atom stereocenters. The minimum Gasteiger partial charge on any atom is -0.384 e. The Bertz CT molecular complexity index is 1360. The summed E-state index contributed by atoms with van der Waals surface area (Å²) in [5.74, 6) is 0.555. The lowest BCUT2D eigenvalue weighted by molar-refractivity contribution is -0.119. The second-order valence-corrected chi connectivity index (χ2v) is 8.49. The number of fused-ring (bicyclic) bond motifs is 2. The molecule has 1 atom stereocenters. The Morgan fingerprint density at radius 3 is 2.30 bits per heavy atom. The minimum atomic E-state index is -1.22. The lowest BCUT2D eigenvalue weighted by Crippen LogP contribution is -2.51. The van der Waals surface area contributed by atoms with Gasteiger partial charge in [0.25, 0.3) is 0 Å². The summed E-state index contributed by atoms with van der Waals surface area (Å²) in [6, 6.07) is 25.4. The van der Waals surface area contributed by atoms with Gasteiger partial charge in [-0.25, -0.2) is 4.99 Å². The Kier molecular flexibility index (Phi) is 4.75. The Hall–Kier alpha value is -4.37. The molecule has 3 aromatic carbocycles. The number of aryl methyl sites for hydroxylation is 2. The van der Waals surface area contributed by atoms with Gasteiger partial charge in [0.2, 0.25) is 5.91 Å². The molecule has 0 saturated heterocycles. The monoisotopic (exact) mass is 433 g/mol. The highest BCUT2D eigenvalue weighted by atomic mass is 16.2. The van der Waals surface area contributed by atoms with E-state index in [2.05, 4.69) is 11.4 Å². The van der Waals surface area contributed by atoms with Gasteiger partial charge in [-0.15, -0.1) is 0 Å². The van der Waals surface area contributed by atoms with Gasteiger partial charge in [-0.3, -0.25) is 9.69 Å². The number of nitrogens with two attached hydrogens (primary N) is 1. The van der Waals surface area contributed by atoms with E-state index in [-0.39, 0.29) is 23.7 Å². The summed E-state index contributed by atoms with van der Waals surface area (Å²) in [6.45, 7) is 4.03. The van der Waals surface area contributed by atoms with Crippen LogP contribution in [0.1, 0.15) is 23.1 Å². The van der Waals surface area contributed by atoms with E-state index in [1.807, 2.05) is 86.6 Å². The SMILES string of the molecule is Cc1ccc(N=C2CC3(C(=O)Nc4ccccc43)C(C#N)=C(N)N2c2ccc(C)cc2)cc1. The fourth-order valence-electron chi connectivity index (χ4n) is 4.61. The van der Waals surface area contributed by atoms with Crippen molar-refractivity contribution in [3.05, 3.63) is 101 Å². The van der Waals surface area contributed by atoms with Crippen LogP contribution in [-0.4, -0.2) is 11.7 Å². The van der Waals surface area contributed by atoms with Crippen LogP contribution in [0.2, 0.25) is 0 Å². The maximum Gasteiger partial charge on any atom is 0.240 e. The second-order valence-electron chi connectivity index (χ2n) is 8.49. The van der Waals surface area contributed by atoms with Crippen molar-refractivity contribution < 1.29 is 4.79 Å². The number of nitrogens with one attached hydrogen (secondary N) is 1. The number of amidine groups is 1. The molecule has 3 N–H and O–H groups in total. The standard InChI is InChI=1S/C27H23N5O/c1-17-7-11-19(12-8-17)30-24-15-27(21-5-3-4-6-23(21)31-26(27)33)22(16-28)25(29)32(24)20-13-9-18(2)10-14-20/h3-14H,15,29H2,1-2H3,(H,31,33). The summed E-state index contributed by atoms with van der Waals surface area (Å²) in [5.41, 5.74) is 10.9. The van der Waals surface area contributed by atoms with E-state index < -0.39 is 5.41 Å². The quantitative estimate of drug-likeness (QED) is 0.605. The predicted molar refractivity (Wildman–Crippen MR) is 130 cm³/mol. The average molecular weight is 434 g/mol. The highest BCUT2D eigenvalue weighted by molar-refractivity contribution is 6.16. The molecule has 1 amide bonds. The first-order valence-electron chi connectivity index (χ1n) is 10.8. The van der Waals surface area contributed by atoms with Crippen LogP contribution in [0.15, 0.2) is 89.2 Å². The van der Waals surface area contributed by atoms with Gasteiger partial charge < -0.3 is 11.1 Å². The molecular formula is C27H23N5O. The molecule has 0 fully saturated rings. The number of hydrogen-bond donors (Lipinski definition) is 2. The van der Waals surface area contributed by atoms with Crippen molar-refractivity contribution in [1.82, 2.24) is 0 Å². The molecule has 0 aliphatic carbocycles. The van der Waals surface area contributed by atoms with Crippen LogP contribution in [0.3, 0.4) is 0 Å². The van der Waals surface area contributed by atoms with Gasteiger partial charge in [-0.2, -0.15) is 5.26 Å². The molecule has 6 nitrogen and oxygen atoms in total. The number of carbonyl (C=O) groups is 1. The number of anilines is 2. The van der Waals surface area contributed by atoms with Gasteiger partial charge in [-0.1, -0.05) is 53.6 Å². The minimum absolute atomic E-state index is 0.210. The number of nitrogens with zero attached hydrogens (tertiary/aromatic N) is 3. The van der Waals surface area contributed by atoms with E-state index in [1.54, 1.807) is 4.90 Å². The summed E-state index contributed by atoms with van der Waals surface area (Å²) in [5, 5.41) is 13.2. The molecular weight excluding hydrogens is 410 g/mol. The lowest BCUT2D eigenvalue weighted by atomic mass is 9.70. The Labute approximate surface area is 192 Å². The summed E-state index contributed by atoms with van der Waals surface area (Å²) >= 11 is 0. The molecule has 2 aliphatic heterocycles. The van der Waals surface area contributed by atoms with Crippen LogP contribution in [0.5, 0.6) is 0 Å². The Morgan fingerprint density at radius 1 is 1.00 bits per heavy atom. The molecule has 3 aromatic rings. The zero-order valence-electron chi connectivity index (χ0n) is 18.5. The molecule has 162 valence electrons. The van der Waals surface area contributed by atoms with Crippen molar-refractivity contribution in [1.29, 1.82) is 5.26 Å². The number of rotatable bonds is 2. The van der Waals surface area contributed by atoms with E-state index in [0.717, 1.165) is 28.1 Å². The normalized spacial score (nSPS) is 20.7. The maximum atomic E-state index is 13.4. The Balaban J connectivity index is 1.78. The van der Waals surface area contributed by atoms with Crippen LogP contribution in [0, 0.1) is 25.2 Å². The van der Waals surface area contributed by atoms with Crippen LogP contribution in [-0.2, 0) is 10.2 Å². The van der Waals surface area contributed by atoms with Gasteiger partial charge in [0, 0.05) is 17.8 Å². The molecule has 6 heteroatoms. The molecule has 1 spiro atoms. The number of amides is 1. The number of aliphatic imine (C=N–C) groups is 1. The molecule has 5 rings (SSSR count). The third-order valence-corrected chi connectivity index (χ3v) is 6.32. The zero-order chi connectivity index (χ0) is 23.2. The first-order valence-corrected chi connectivity index (χ1v) is 10.8. The number of nitriles is 1. The molecule has 2 aliphatic rings. The predicted octanol–water partition coefficient (Wildman–Crippen LogP) is 4.83. The number of benzene rings is 3. The first-order chi connectivity index (χ1) is 15.9. The van der Waals surface area contributed by atoms with E-state index in [4.69, 9.17) is 10.7 Å². The largest absolute Gasteiger partial charge is 0.384 e. The lowest BCUT2D eigenvalue weighted by Gasteiger charge is -2.39. The van der Waals surface area contributed by atoms with E-state index >= 15 is 0 Å². The van der Waals surface area contributed by atoms with Gasteiger partial charge in [-0.05, 0) is 49.7 Å². The smallest absolute Gasteiger partial charge is 0.240 e. The summed E-state index contributed by atoms with van der Waals surface area (Å²) in [7, 11) is 0.